The fraction of sp³-hybridized carbons (Fsp3) is 1.00. The first-order valence-corrected chi connectivity index (χ1v) is 6.15. The zero-order valence-electron chi connectivity index (χ0n) is 8.04. The van der Waals surface area contributed by atoms with Crippen LogP contribution < -0.4 is 0 Å². The first kappa shape index (κ1) is 11.9. The van der Waals surface area contributed by atoms with Gasteiger partial charge in [-0.15, -0.1) is 0 Å². The Morgan fingerprint density at radius 2 is 1.92 bits per heavy atom. The van der Waals surface area contributed by atoms with Crippen molar-refractivity contribution in [3.63, 3.8) is 0 Å². The van der Waals surface area contributed by atoms with Crippen molar-refractivity contribution in [2.24, 2.45) is 5.92 Å². The second kappa shape index (κ2) is 5.54. The quantitative estimate of drug-likeness (QED) is 0.605. The van der Waals surface area contributed by atoms with Gasteiger partial charge in [0.2, 0.25) is 0 Å². The third-order valence-corrected chi connectivity index (χ3v) is 2.36. The molecular weight excluding hydrogens is 176 g/mol. The van der Waals surface area contributed by atoms with E-state index in [4.69, 9.17) is 4.18 Å². The van der Waals surface area contributed by atoms with Crippen LogP contribution in [0.1, 0.15) is 33.1 Å². The van der Waals surface area contributed by atoms with Gasteiger partial charge < -0.3 is 0 Å². The van der Waals surface area contributed by atoms with E-state index in [-0.39, 0.29) is 0 Å². The van der Waals surface area contributed by atoms with Gasteiger partial charge in [-0.2, -0.15) is 8.42 Å². The van der Waals surface area contributed by atoms with Crippen LogP contribution in [0.4, 0.5) is 0 Å². The van der Waals surface area contributed by atoms with Gasteiger partial charge in [0.1, 0.15) is 0 Å². The van der Waals surface area contributed by atoms with E-state index in [1.165, 1.54) is 0 Å². The molecule has 0 aromatic rings. The lowest BCUT2D eigenvalue weighted by Crippen LogP contribution is -2.12. The summed E-state index contributed by atoms with van der Waals surface area (Å²) in [5.41, 5.74) is 0. The molecule has 3 nitrogen and oxygen atoms in total. The predicted molar refractivity (Wildman–Crippen MR) is 49.5 cm³/mol. The van der Waals surface area contributed by atoms with E-state index in [0.717, 1.165) is 25.5 Å². The zero-order chi connectivity index (χ0) is 9.61. The minimum Gasteiger partial charge on any atom is -0.270 e. The van der Waals surface area contributed by atoms with Crippen molar-refractivity contribution in [1.82, 2.24) is 0 Å². The summed E-state index contributed by atoms with van der Waals surface area (Å²) in [4.78, 5) is 0. The van der Waals surface area contributed by atoms with Crippen molar-refractivity contribution in [2.75, 3.05) is 12.9 Å². The molecular formula is C8H18O3S. The number of hydrogen-bond donors (Lipinski definition) is 0. The van der Waals surface area contributed by atoms with Gasteiger partial charge in [0.05, 0.1) is 12.9 Å². The summed E-state index contributed by atoms with van der Waals surface area (Å²) in [6.07, 6.45) is 4.17. The van der Waals surface area contributed by atoms with E-state index in [2.05, 4.69) is 6.92 Å². The maximum atomic E-state index is 10.6. The SMILES string of the molecule is CCC[C@@H](CC)COS(C)(=O)=O. The van der Waals surface area contributed by atoms with Crippen molar-refractivity contribution >= 4 is 10.1 Å². The molecule has 0 aromatic carbocycles. The summed E-state index contributed by atoms with van der Waals surface area (Å²) in [6, 6.07) is 0. The van der Waals surface area contributed by atoms with Gasteiger partial charge in [0.15, 0.2) is 0 Å². The molecule has 0 aliphatic rings. The van der Waals surface area contributed by atoms with Gasteiger partial charge in [-0.25, -0.2) is 0 Å². The number of rotatable bonds is 6. The molecule has 0 aromatic heterocycles. The summed E-state index contributed by atoms with van der Waals surface area (Å²) >= 11 is 0. The fourth-order valence-corrected chi connectivity index (χ4v) is 1.47. The van der Waals surface area contributed by atoms with Crippen molar-refractivity contribution < 1.29 is 12.6 Å². The van der Waals surface area contributed by atoms with Crippen LogP contribution >= 0.6 is 0 Å². The summed E-state index contributed by atoms with van der Waals surface area (Å²) < 4.78 is 26.0. The third-order valence-electron chi connectivity index (χ3n) is 1.79. The molecule has 0 fully saturated rings. The predicted octanol–water partition coefficient (Wildman–Crippen LogP) is 1.79. The van der Waals surface area contributed by atoms with Gasteiger partial charge in [-0.05, 0) is 12.3 Å². The summed E-state index contributed by atoms with van der Waals surface area (Å²) in [7, 11) is -3.25. The highest BCUT2D eigenvalue weighted by Gasteiger charge is 2.09. The van der Waals surface area contributed by atoms with Crippen LogP contribution in [0.5, 0.6) is 0 Å². The monoisotopic (exact) mass is 194 g/mol. The van der Waals surface area contributed by atoms with Crippen LogP contribution in [0.3, 0.4) is 0 Å². The zero-order valence-corrected chi connectivity index (χ0v) is 8.86. The average Bonchev–Trinajstić information content (AvgIpc) is 1.96. The van der Waals surface area contributed by atoms with Crippen LogP contribution in [-0.2, 0) is 14.3 Å². The van der Waals surface area contributed by atoms with Gasteiger partial charge in [0.25, 0.3) is 10.1 Å². The van der Waals surface area contributed by atoms with Crippen LogP contribution in [0, 0.1) is 5.92 Å². The van der Waals surface area contributed by atoms with Crippen molar-refractivity contribution in [2.45, 2.75) is 33.1 Å². The van der Waals surface area contributed by atoms with E-state index in [1.54, 1.807) is 0 Å². The van der Waals surface area contributed by atoms with Gasteiger partial charge in [-0.1, -0.05) is 26.7 Å². The second-order valence-electron chi connectivity index (χ2n) is 3.05. The summed E-state index contributed by atoms with van der Waals surface area (Å²) in [5, 5.41) is 0. The molecule has 0 radical (unpaired) electrons. The van der Waals surface area contributed by atoms with Gasteiger partial charge in [0, 0.05) is 0 Å². The largest absolute Gasteiger partial charge is 0.270 e. The van der Waals surface area contributed by atoms with Gasteiger partial charge >= 0.3 is 0 Å². The minimum absolute atomic E-state index is 0.336. The molecule has 74 valence electrons. The molecule has 0 heterocycles. The van der Waals surface area contributed by atoms with Crippen molar-refractivity contribution in [1.29, 1.82) is 0 Å². The van der Waals surface area contributed by atoms with E-state index in [1.807, 2.05) is 6.92 Å². The smallest absolute Gasteiger partial charge is 0.264 e. The Morgan fingerprint density at radius 3 is 2.25 bits per heavy atom. The maximum Gasteiger partial charge on any atom is 0.264 e. The molecule has 0 saturated heterocycles. The van der Waals surface area contributed by atoms with E-state index in [0.29, 0.717) is 12.5 Å². The highest BCUT2D eigenvalue weighted by Crippen LogP contribution is 2.11. The molecule has 1 atom stereocenters. The molecule has 0 aliphatic heterocycles. The summed E-state index contributed by atoms with van der Waals surface area (Å²) in [5.74, 6) is 0.379. The third kappa shape index (κ3) is 6.61. The normalized spacial score (nSPS) is 14.6. The maximum absolute atomic E-state index is 10.6. The Kier molecular flexibility index (Phi) is 5.50. The van der Waals surface area contributed by atoms with Crippen molar-refractivity contribution in [3.05, 3.63) is 0 Å². The minimum atomic E-state index is -3.25. The Balaban J connectivity index is 3.73. The Bertz CT molecular complexity index is 196. The first-order valence-electron chi connectivity index (χ1n) is 4.34. The van der Waals surface area contributed by atoms with Crippen LogP contribution in [0.15, 0.2) is 0 Å². The molecule has 0 unspecified atom stereocenters. The average molecular weight is 194 g/mol. The Labute approximate surface area is 75.2 Å². The Morgan fingerprint density at radius 1 is 1.33 bits per heavy atom. The lowest BCUT2D eigenvalue weighted by Gasteiger charge is -2.12. The lowest BCUT2D eigenvalue weighted by atomic mass is 10.0. The standard InChI is InChI=1S/C8H18O3S/c1-4-6-8(5-2)7-11-12(3,9)10/h8H,4-7H2,1-3H3/t8-/m1/s1. The van der Waals surface area contributed by atoms with Crippen LogP contribution in [0.25, 0.3) is 0 Å². The molecule has 4 heteroatoms. The molecule has 0 spiro atoms. The van der Waals surface area contributed by atoms with Crippen LogP contribution in [0.2, 0.25) is 0 Å². The molecule has 12 heavy (non-hydrogen) atoms. The second-order valence-corrected chi connectivity index (χ2v) is 4.70. The van der Waals surface area contributed by atoms with E-state index in [9.17, 15) is 8.42 Å². The summed E-state index contributed by atoms with van der Waals surface area (Å²) in [6.45, 7) is 4.47. The highest BCUT2D eigenvalue weighted by molar-refractivity contribution is 7.85. The molecule has 0 aliphatic carbocycles. The van der Waals surface area contributed by atoms with Crippen molar-refractivity contribution in [3.8, 4) is 0 Å². The first-order chi connectivity index (χ1) is 5.49. The molecule has 0 saturated carbocycles. The lowest BCUT2D eigenvalue weighted by molar-refractivity contribution is 0.242. The fourth-order valence-electron chi connectivity index (χ4n) is 1.03. The molecule has 0 N–H and O–H groups in total. The number of hydrogen-bond acceptors (Lipinski definition) is 3. The topological polar surface area (TPSA) is 43.4 Å². The Hall–Kier alpha value is -0.0900. The molecule has 0 amide bonds. The molecule has 0 rings (SSSR count). The molecule has 0 bridgehead atoms. The van der Waals surface area contributed by atoms with E-state index < -0.39 is 10.1 Å². The van der Waals surface area contributed by atoms with E-state index >= 15 is 0 Å². The van der Waals surface area contributed by atoms with Crippen LogP contribution in [-0.4, -0.2) is 21.3 Å². The van der Waals surface area contributed by atoms with Gasteiger partial charge in [-0.3, -0.25) is 4.18 Å². The highest BCUT2D eigenvalue weighted by atomic mass is 32.2.